The van der Waals surface area contributed by atoms with Crippen LogP contribution in [-0.2, 0) is 23.4 Å². The van der Waals surface area contributed by atoms with Crippen LogP contribution in [0.4, 0.5) is 4.39 Å². The Morgan fingerprint density at radius 3 is 2.56 bits per heavy atom. The van der Waals surface area contributed by atoms with Gasteiger partial charge in [-0.3, -0.25) is 23.7 Å². The lowest BCUT2D eigenvalue weighted by Gasteiger charge is -2.25. The number of para-hydroxylation sites is 1. The molecule has 0 bridgehead atoms. The van der Waals surface area contributed by atoms with Crippen LogP contribution < -0.4 is 15.8 Å². The van der Waals surface area contributed by atoms with Crippen molar-refractivity contribution in [1.82, 2.24) is 9.55 Å². The predicted octanol–water partition coefficient (Wildman–Crippen LogP) is 3.18. The Bertz CT molecular complexity index is 1160. The number of nitrogens with zero attached hydrogens (tertiary/aromatic N) is 1. The summed E-state index contributed by atoms with van der Waals surface area (Å²) in [7, 11) is -4.14. The molecule has 1 saturated heterocycles. The zero-order valence-electron chi connectivity index (χ0n) is 19.3. The second-order valence-corrected chi connectivity index (χ2v) is 10.8. The van der Waals surface area contributed by atoms with E-state index in [0.717, 1.165) is 16.8 Å². The van der Waals surface area contributed by atoms with Crippen molar-refractivity contribution in [2.24, 2.45) is 0 Å². The summed E-state index contributed by atoms with van der Waals surface area (Å²) in [5.74, 6) is -0.551. The number of esters is 1. The van der Waals surface area contributed by atoms with Gasteiger partial charge in [0.1, 0.15) is 5.75 Å². The third-order valence-electron chi connectivity index (χ3n) is 5.15. The maximum atomic E-state index is 15.3. The Labute approximate surface area is 195 Å². The molecule has 5 atom stereocenters. The largest absolute Gasteiger partial charge is 0.462 e. The zero-order valence-corrected chi connectivity index (χ0v) is 20.2. The van der Waals surface area contributed by atoms with Crippen LogP contribution >= 0.6 is 7.60 Å². The molecule has 1 aromatic heterocycles. The lowest BCUT2D eigenvalue weighted by molar-refractivity contribution is -0.146. The molecular weight excluding hydrogens is 470 g/mol. The zero-order chi connectivity index (χ0) is 25.1. The molecule has 1 N–H and O–H groups in total. The van der Waals surface area contributed by atoms with E-state index in [1.807, 2.05) is 0 Å². The average molecular weight is 498 g/mol. The highest BCUT2D eigenvalue weighted by molar-refractivity contribution is 7.56. The first-order chi connectivity index (χ1) is 15.9. The number of rotatable bonds is 9. The molecule has 0 aliphatic carbocycles. The van der Waals surface area contributed by atoms with Gasteiger partial charge in [-0.25, -0.2) is 13.8 Å². The van der Waals surface area contributed by atoms with Gasteiger partial charge in [0.2, 0.25) is 0 Å². The van der Waals surface area contributed by atoms with Crippen molar-refractivity contribution >= 4 is 13.6 Å². The van der Waals surface area contributed by atoms with Gasteiger partial charge in [-0.2, -0.15) is 0 Å². The molecule has 0 unspecified atom stereocenters. The van der Waals surface area contributed by atoms with Crippen molar-refractivity contribution in [3.63, 3.8) is 0 Å². The summed E-state index contributed by atoms with van der Waals surface area (Å²) in [6.45, 7) is 5.55. The van der Waals surface area contributed by atoms with Crippen molar-refractivity contribution in [2.75, 3.05) is 6.61 Å². The number of alkyl halides is 1. The first-order valence-electron chi connectivity index (χ1n) is 10.8. The first-order valence-corrected chi connectivity index (χ1v) is 12.4. The molecule has 12 heteroatoms. The van der Waals surface area contributed by atoms with Crippen LogP contribution in [0.1, 0.15) is 40.3 Å². The maximum absolute atomic E-state index is 15.3. The second-order valence-electron chi connectivity index (χ2n) is 8.51. The Morgan fingerprint density at radius 2 is 1.94 bits per heavy atom. The van der Waals surface area contributed by atoms with Gasteiger partial charge in [0.25, 0.3) is 5.56 Å². The SMILES string of the molecule is CC(C)OC(=O)[C@H](C)[P@](=O)(OC[C@@H]1C[C@@](C)(F)[C@H](n2ccc(=O)[nH]c2=O)O1)Oc1ccccc1. The molecule has 186 valence electrons. The minimum atomic E-state index is -4.14. The highest BCUT2D eigenvalue weighted by Gasteiger charge is 2.49. The van der Waals surface area contributed by atoms with E-state index >= 15 is 4.39 Å². The molecule has 1 aliphatic rings. The summed E-state index contributed by atoms with van der Waals surface area (Å²) >= 11 is 0. The number of hydrogen-bond donors (Lipinski definition) is 1. The molecule has 1 aromatic carbocycles. The van der Waals surface area contributed by atoms with E-state index in [4.69, 9.17) is 18.5 Å². The lowest BCUT2D eigenvalue weighted by Crippen LogP contribution is -2.38. The van der Waals surface area contributed by atoms with Gasteiger partial charge in [0.15, 0.2) is 17.6 Å². The van der Waals surface area contributed by atoms with Gasteiger partial charge in [0, 0.05) is 18.7 Å². The van der Waals surface area contributed by atoms with E-state index in [1.165, 1.54) is 13.8 Å². The molecule has 0 radical (unpaired) electrons. The fourth-order valence-corrected chi connectivity index (χ4v) is 5.02. The van der Waals surface area contributed by atoms with Gasteiger partial charge in [0.05, 0.1) is 18.8 Å². The molecule has 34 heavy (non-hydrogen) atoms. The summed E-state index contributed by atoms with van der Waals surface area (Å²) in [6.07, 6.45) is -1.76. The first kappa shape index (κ1) is 25.9. The van der Waals surface area contributed by atoms with Crippen molar-refractivity contribution in [1.29, 1.82) is 0 Å². The van der Waals surface area contributed by atoms with Crippen LogP contribution in [0.5, 0.6) is 5.75 Å². The number of benzene rings is 1. The predicted molar refractivity (Wildman–Crippen MR) is 121 cm³/mol. The van der Waals surface area contributed by atoms with Crippen LogP contribution in [0.25, 0.3) is 0 Å². The van der Waals surface area contributed by atoms with Crippen LogP contribution in [0, 0.1) is 0 Å². The second kappa shape index (κ2) is 10.2. The summed E-state index contributed by atoms with van der Waals surface area (Å²) in [6, 6.07) is 9.26. The van der Waals surface area contributed by atoms with Crippen LogP contribution in [-0.4, -0.2) is 45.7 Å². The lowest BCUT2D eigenvalue weighted by atomic mass is 10.0. The molecule has 0 saturated carbocycles. The van der Waals surface area contributed by atoms with Gasteiger partial charge >= 0.3 is 19.3 Å². The van der Waals surface area contributed by atoms with Crippen molar-refractivity contribution in [2.45, 2.75) is 63.9 Å². The van der Waals surface area contributed by atoms with Crippen LogP contribution in [0.15, 0.2) is 52.2 Å². The number of aromatic nitrogens is 2. The van der Waals surface area contributed by atoms with Crippen molar-refractivity contribution < 1.29 is 32.3 Å². The van der Waals surface area contributed by atoms with Crippen molar-refractivity contribution in [3.8, 4) is 5.75 Å². The van der Waals surface area contributed by atoms with Gasteiger partial charge in [-0.15, -0.1) is 0 Å². The van der Waals surface area contributed by atoms with E-state index < -0.39 is 54.6 Å². The Hall–Kier alpha value is -2.75. The number of carbonyl (C=O) groups excluding carboxylic acids is 1. The van der Waals surface area contributed by atoms with E-state index in [2.05, 4.69) is 4.98 Å². The molecule has 2 aromatic rings. The summed E-state index contributed by atoms with van der Waals surface area (Å²) in [5, 5.41) is 0. The fourth-order valence-electron chi connectivity index (χ4n) is 3.48. The van der Waals surface area contributed by atoms with Gasteiger partial charge in [-0.05, 0) is 39.8 Å². The third-order valence-corrected chi connectivity index (χ3v) is 7.28. The highest BCUT2D eigenvalue weighted by atomic mass is 31.2. The number of aromatic amines is 1. The van der Waals surface area contributed by atoms with Crippen molar-refractivity contribution in [3.05, 3.63) is 63.4 Å². The molecule has 10 nitrogen and oxygen atoms in total. The number of nitrogens with one attached hydrogen (secondary N) is 1. The molecule has 1 aliphatic heterocycles. The van der Waals surface area contributed by atoms with E-state index in [1.54, 1.807) is 44.2 Å². The van der Waals surface area contributed by atoms with Crippen LogP contribution in [0.2, 0.25) is 0 Å². The van der Waals surface area contributed by atoms with Gasteiger partial charge < -0.3 is 14.0 Å². The number of ether oxygens (including phenoxy) is 2. The molecule has 0 amide bonds. The maximum Gasteiger partial charge on any atom is 0.393 e. The standard InChI is InChI=1S/C22H28FN2O8P/c1-14(2)31-19(27)15(3)34(29,33-16-8-6-5-7-9-16)30-13-17-12-22(4,23)20(32-17)25-11-10-18(26)24-21(25)28/h5-11,14-15,17,20H,12-13H2,1-4H3,(H,24,26,28)/t15-,17-,20+,22+,34-/m0/s1. The molecule has 1 fully saturated rings. The minimum absolute atomic E-state index is 0.195. The Balaban J connectivity index is 1.79. The molecule has 0 spiro atoms. The van der Waals surface area contributed by atoms with E-state index in [9.17, 15) is 18.9 Å². The van der Waals surface area contributed by atoms with E-state index in [0.29, 0.717) is 0 Å². The highest BCUT2D eigenvalue weighted by Crippen LogP contribution is 2.54. The fraction of sp³-hybridized carbons (Fsp3) is 0.500. The topological polar surface area (TPSA) is 126 Å². The molecule has 2 heterocycles. The van der Waals surface area contributed by atoms with E-state index in [-0.39, 0.29) is 18.8 Å². The minimum Gasteiger partial charge on any atom is -0.462 e. The normalized spacial score (nSPS) is 25.0. The summed E-state index contributed by atoms with van der Waals surface area (Å²) in [4.78, 5) is 38.0. The monoisotopic (exact) mass is 498 g/mol. The van der Waals surface area contributed by atoms with Gasteiger partial charge in [-0.1, -0.05) is 18.2 Å². The number of carbonyl (C=O) groups is 1. The Kier molecular flexibility index (Phi) is 7.80. The Morgan fingerprint density at radius 1 is 1.26 bits per heavy atom. The third kappa shape index (κ3) is 6.02. The number of halogens is 1. The molecular formula is C22H28FN2O8P. The quantitative estimate of drug-likeness (QED) is 0.413. The average Bonchev–Trinajstić information content (AvgIpc) is 3.06. The number of H-pyrrole nitrogens is 1. The molecule has 3 rings (SSSR count). The number of hydrogen-bond acceptors (Lipinski definition) is 8. The summed E-state index contributed by atoms with van der Waals surface area (Å²) < 4.78 is 52.0. The smallest absolute Gasteiger partial charge is 0.393 e. The van der Waals surface area contributed by atoms with Crippen LogP contribution in [0.3, 0.4) is 0 Å². The summed E-state index contributed by atoms with van der Waals surface area (Å²) in [5.41, 5.74) is -4.72.